The van der Waals surface area contributed by atoms with Gasteiger partial charge in [0.05, 0.1) is 0 Å². The molecule has 0 saturated heterocycles. The summed E-state index contributed by atoms with van der Waals surface area (Å²) < 4.78 is 72.0. The number of carbonyl (C=O) groups is 1. The van der Waals surface area contributed by atoms with Crippen molar-refractivity contribution in [1.82, 2.24) is 9.78 Å². The fourth-order valence-corrected chi connectivity index (χ4v) is 1.02. The first-order chi connectivity index (χ1) is 7.50. The van der Waals surface area contributed by atoms with Gasteiger partial charge in [0, 0.05) is 6.07 Å². The molecule has 0 atom stereocenters. The molecular weight excluding hydrogens is 258 g/mol. The Bertz CT molecular complexity index is 433. The number of nitrogens with zero attached hydrogens (tertiary/aromatic N) is 2. The molecule has 0 amide bonds. The molecule has 96 valence electrons. The number of rotatable bonds is 2. The van der Waals surface area contributed by atoms with E-state index in [0.29, 0.717) is 0 Å². The lowest BCUT2D eigenvalue weighted by atomic mass is 10.3. The van der Waals surface area contributed by atoms with E-state index in [0.717, 1.165) is 0 Å². The summed E-state index contributed by atoms with van der Waals surface area (Å²) in [6.45, 7) is -1.90. The van der Waals surface area contributed by atoms with Crippen LogP contribution in [0.5, 0.6) is 0 Å². The van der Waals surface area contributed by atoms with E-state index in [4.69, 9.17) is 5.11 Å². The Balaban J connectivity index is 3.20. The Morgan fingerprint density at radius 3 is 2.18 bits per heavy atom. The fourth-order valence-electron chi connectivity index (χ4n) is 1.02. The van der Waals surface area contributed by atoms with Crippen molar-refractivity contribution < 1.29 is 36.2 Å². The number of aromatic nitrogens is 2. The van der Waals surface area contributed by atoms with Crippen LogP contribution in [0, 0.1) is 0 Å². The first-order valence-corrected chi connectivity index (χ1v) is 3.96. The third-order valence-corrected chi connectivity index (χ3v) is 1.62. The van der Waals surface area contributed by atoms with Crippen molar-refractivity contribution in [2.45, 2.75) is 18.9 Å². The highest BCUT2D eigenvalue weighted by atomic mass is 19.4. The number of carboxylic acids is 1. The number of hydrogen-bond donors (Lipinski definition) is 1. The van der Waals surface area contributed by atoms with Crippen LogP contribution in [0.1, 0.15) is 16.2 Å². The number of halogens is 6. The van der Waals surface area contributed by atoms with Crippen molar-refractivity contribution in [1.29, 1.82) is 0 Å². The average Bonchev–Trinajstić information content (AvgIpc) is 2.43. The van der Waals surface area contributed by atoms with Crippen LogP contribution in [-0.2, 0) is 12.7 Å². The zero-order valence-corrected chi connectivity index (χ0v) is 7.80. The summed E-state index contributed by atoms with van der Waals surface area (Å²) >= 11 is 0. The van der Waals surface area contributed by atoms with Gasteiger partial charge in [-0.25, -0.2) is 9.48 Å². The van der Waals surface area contributed by atoms with Crippen LogP contribution >= 0.6 is 0 Å². The van der Waals surface area contributed by atoms with Gasteiger partial charge in [-0.2, -0.15) is 31.4 Å². The van der Waals surface area contributed by atoms with Gasteiger partial charge >= 0.3 is 18.3 Å². The van der Waals surface area contributed by atoms with Crippen molar-refractivity contribution >= 4 is 5.97 Å². The van der Waals surface area contributed by atoms with Crippen LogP contribution in [0.4, 0.5) is 26.3 Å². The standard InChI is InChI=1S/C7H4F6N2O2/c8-6(9,10)2-15-3(5(16)17)1-4(14-15)7(11,12)13/h1H,2H2,(H,16,17). The summed E-state index contributed by atoms with van der Waals surface area (Å²) in [5, 5.41) is 11.0. The summed E-state index contributed by atoms with van der Waals surface area (Å²) in [5.41, 5.74) is -2.85. The zero-order chi connectivity index (χ0) is 13.4. The summed E-state index contributed by atoms with van der Waals surface area (Å²) in [6.07, 6.45) is -9.86. The Morgan fingerprint density at radius 1 is 1.29 bits per heavy atom. The van der Waals surface area contributed by atoms with Gasteiger partial charge in [0.15, 0.2) is 5.69 Å². The van der Waals surface area contributed by atoms with E-state index in [1.807, 2.05) is 0 Å². The third kappa shape index (κ3) is 3.36. The van der Waals surface area contributed by atoms with Crippen LogP contribution in [0.3, 0.4) is 0 Å². The summed E-state index contributed by atoms with van der Waals surface area (Å²) in [4.78, 5) is 10.5. The van der Waals surface area contributed by atoms with Crippen LogP contribution in [-0.4, -0.2) is 27.0 Å². The SMILES string of the molecule is O=C(O)c1cc(C(F)(F)F)nn1CC(F)(F)F. The van der Waals surface area contributed by atoms with E-state index >= 15 is 0 Å². The topological polar surface area (TPSA) is 55.1 Å². The predicted molar refractivity (Wildman–Crippen MR) is 40.2 cm³/mol. The number of carboxylic acid groups (broad SMARTS) is 1. The zero-order valence-electron chi connectivity index (χ0n) is 7.80. The Morgan fingerprint density at radius 2 is 1.82 bits per heavy atom. The van der Waals surface area contributed by atoms with Crippen molar-refractivity contribution in [3.63, 3.8) is 0 Å². The minimum Gasteiger partial charge on any atom is -0.477 e. The molecule has 0 fully saturated rings. The van der Waals surface area contributed by atoms with Crippen LogP contribution < -0.4 is 0 Å². The van der Waals surface area contributed by atoms with Gasteiger partial charge in [-0.05, 0) is 0 Å². The molecule has 1 aromatic rings. The molecule has 17 heavy (non-hydrogen) atoms. The van der Waals surface area contributed by atoms with Crippen molar-refractivity contribution in [2.24, 2.45) is 0 Å². The van der Waals surface area contributed by atoms with E-state index in [2.05, 4.69) is 5.10 Å². The monoisotopic (exact) mass is 262 g/mol. The van der Waals surface area contributed by atoms with Gasteiger partial charge in [-0.3, -0.25) is 0 Å². The maximum absolute atomic E-state index is 12.1. The second-order valence-electron chi connectivity index (χ2n) is 2.99. The molecule has 4 nitrogen and oxygen atoms in total. The molecule has 0 aromatic carbocycles. The van der Waals surface area contributed by atoms with Crippen molar-refractivity contribution in [2.75, 3.05) is 0 Å². The molecule has 0 aliphatic rings. The highest BCUT2D eigenvalue weighted by Gasteiger charge is 2.38. The van der Waals surface area contributed by atoms with E-state index in [9.17, 15) is 31.1 Å². The van der Waals surface area contributed by atoms with Gasteiger partial charge in [0.2, 0.25) is 0 Å². The molecule has 0 radical (unpaired) electrons. The van der Waals surface area contributed by atoms with Crippen LogP contribution in [0.25, 0.3) is 0 Å². The number of aromatic carboxylic acids is 1. The molecule has 1 heterocycles. The highest BCUT2D eigenvalue weighted by molar-refractivity contribution is 5.85. The highest BCUT2D eigenvalue weighted by Crippen LogP contribution is 2.29. The molecular formula is C7H4F6N2O2. The Hall–Kier alpha value is -1.74. The molecule has 10 heteroatoms. The first-order valence-electron chi connectivity index (χ1n) is 3.96. The second kappa shape index (κ2) is 3.93. The number of alkyl halides is 6. The fraction of sp³-hybridized carbons (Fsp3) is 0.429. The van der Waals surface area contributed by atoms with E-state index < -0.39 is 36.3 Å². The molecule has 1 N–H and O–H groups in total. The van der Waals surface area contributed by atoms with Gasteiger partial charge in [0.1, 0.15) is 12.2 Å². The lowest BCUT2D eigenvalue weighted by molar-refractivity contribution is -0.149. The minimum atomic E-state index is -5.00. The maximum Gasteiger partial charge on any atom is 0.435 e. The molecule has 1 rings (SSSR count). The lowest BCUT2D eigenvalue weighted by Crippen LogP contribution is -2.22. The third-order valence-electron chi connectivity index (χ3n) is 1.62. The maximum atomic E-state index is 12.1. The molecule has 0 spiro atoms. The molecule has 0 aliphatic carbocycles. The Kier molecular flexibility index (Phi) is 3.08. The lowest BCUT2D eigenvalue weighted by Gasteiger charge is -2.07. The quantitative estimate of drug-likeness (QED) is 0.831. The van der Waals surface area contributed by atoms with Gasteiger partial charge in [-0.1, -0.05) is 0 Å². The van der Waals surface area contributed by atoms with Crippen LogP contribution in [0.15, 0.2) is 6.07 Å². The summed E-state index contributed by atoms with van der Waals surface area (Å²) in [5.74, 6) is -1.92. The van der Waals surface area contributed by atoms with Gasteiger partial charge in [-0.15, -0.1) is 0 Å². The molecule has 0 saturated carbocycles. The Labute approximate surface area is 89.4 Å². The van der Waals surface area contributed by atoms with E-state index in [1.165, 1.54) is 0 Å². The van der Waals surface area contributed by atoms with Crippen LogP contribution in [0.2, 0.25) is 0 Å². The first kappa shape index (κ1) is 13.3. The molecule has 0 unspecified atom stereocenters. The van der Waals surface area contributed by atoms with Gasteiger partial charge in [0.25, 0.3) is 0 Å². The number of hydrogen-bond acceptors (Lipinski definition) is 2. The van der Waals surface area contributed by atoms with Crippen molar-refractivity contribution in [3.8, 4) is 0 Å². The predicted octanol–water partition coefficient (Wildman–Crippen LogP) is 2.16. The average molecular weight is 262 g/mol. The summed E-state index contributed by atoms with van der Waals surface area (Å²) in [7, 11) is 0. The summed E-state index contributed by atoms with van der Waals surface area (Å²) in [6, 6.07) is 0.0497. The molecule has 0 aliphatic heterocycles. The normalized spacial score (nSPS) is 12.8. The van der Waals surface area contributed by atoms with E-state index in [1.54, 1.807) is 0 Å². The van der Waals surface area contributed by atoms with Crippen molar-refractivity contribution in [3.05, 3.63) is 17.5 Å². The second-order valence-corrected chi connectivity index (χ2v) is 2.99. The molecule has 0 bridgehead atoms. The van der Waals surface area contributed by atoms with Gasteiger partial charge < -0.3 is 5.11 Å². The van der Waals surface area contributed by atoms with E-state index in [-0.39, 0.29) is 10.7 Å². The molecule has 1 aromatic heterocycles. The smallest absolute Gasteiger partial charge is 0.435 e. The minimum absolute atomic E-state index is 0.0497. The largest absolute Gasteiger partial charge is 0.477 e.